The molecule has 0 aliphatic rings. The van der Waals surface area contributed by atoms with Crippen LogP contribution in [0.3, 0.4) is 0 Å². The van der Waals surface area contributed by atoms with Crippen LogP contribution in [0.4, 0.5) is 5.69 Å². The van der Waals surface area contributed by atoms with Gasteiger partial charge in [0.15, 0.2) is 0 Å². The lowest BCUT2D eigenvalue weighted by Gasteiger charge is -2.05. The third kappa shape index (κ3) is 4.29. The summed E-state index contributed by atoms with van der Waals surface area (Å²) in [5.41, 5.74) is 1.07. The standard InChI is InChI=1S/C10H13NS2/c1-2-8-13-10(12)11-9-6-4-3-5-7-9/h3-7H,2,8H2,1H3,(H,11,12). The number of thiocarbonyl (C=S) groups is 1. The predicted octanol–water partition coefficient (Wildman–Crippen LogP) is 3.53. The normalized spacial score (nSPS) is 9.62. The maximum absolute atomic E-state index is 5.15. The second-order valence-electron chi connectivity index (χ2n) is 2.63. The van der Waals surface area contributed by atoms with Gasteiger partial charge >= 0.3 is 0 Å². The molecule has 0 aliphatic heterocycles. The zero-order valence-corrected chi connectivity index (χ0v) is 9.25. The fourth-order valence-electron chi connectivity index (χ4n) is 0.870. The number of hydrogen-bond acceptors (Lipinski definition) is 2. The quantitative estimate of drug-likeness (QED) is 0.768. The summed E-state index contributed by atoms with van der Waals surface area (Å²) in [5.74, 6) is 1.08. The van der Waals surface area contributed by atoms with Gasteiger partial charge in [-0.15, -0.1) is 0 Å². The number of nitrogens with one attached hydrogen (secondary N) is 1. The second-order valence-corrected chi connectivity index (χ2v) is 4.40. The van der Waals surface area contributed by atoms with Gasteiger partial charge in [0.2, 0.25) is 0 Å². The lowest BCUT2D eigenvalue weighted by Crippen LogP contribution is -2.04. The molecular weight excluding hydrogens is 198 g/mol. The first kappa shape index (κ1) is 10.5. The van der Waals surface area contributed by atoms with Crippen LogP contribution in [0.5, 0.6) is 0 Å². The van der Waals surface area contributed by atoms with E-state index in [1.165, 1.54) is 0 Å². The molecule has 0 atom stereocenters. The van der Waals surface area contributed by atoms with E-state index in [1.54, 1.807) is 11.8 Å². The molecule has 0 radical (unpaired) electrons. The summed E-state index contributed by atoms with van der Waals surface area (Å²) >= 11 is 6.84. The van der Waals surface area contributed by atoms with Gasteiger partial charge in [0.1, 0.15) is 4.32 Å². The lowest BCUT2D eigenvalue weighted by atomic mass is 10.3. The molecule has 1 rings (SSSR count). The van der Waals surface area contributed by atoms with Gasteiger partial charge in [0, 0.05) is 5.69 Å². The number of rotatable bonds is 3. The van der Waals surface area contributed by atoms with E-state index in [2.05, 4.69) is 12.2 Å². The molecule has 0 fully saturated rings. The van der Waals surface area contributed by atoms with Crippen molar-refractivity contribution in [2.45, 2.75) is 13.3 Å². The number of anilines is 1. The molecule has 0 spiro atoms. The summed E-state index contributed by atoms with van der Waals surface area (Å²) in [6.45, 7) is 2.15. The van der Waals surface area contributed by atoms with Gasteiger partial charge in [0.25, 0.3) is 0 Å². The van der Waals surface area contributed by atoms with Gasteiger partial charge in [-0.25, -0.2) is 0 Å². The molecule has 13 heavy (non-hydrogen) atoms. The maximum Gasteiger partial charge on any atom is 0.138 e. The highest BCUT2D eigenvalue weighted by molar-refractivity contribution is 8.23. The smallest absolute Gasteiger partial charge is 0.138 e. The van der Waals surface area contributed by atoms with Crippen molar-refractivity contribution in [2.75, 3.05) is 11.1 Å². The Morgan fingerprint density at radius 2 is 2.08 bits per heavy atom. The fraction of sp³-hybridized carbons (Fsp3) is 0.300. The summed E-state index contributed by atoms with van der Waals surface area (Å²) in [7, 11) is 0. The Morgan fingerprint density at radius 3 is 2.69 bits per heavy atom. The van der Waals surface area contributed by atoms with E-state index in [9.17, 15) is 0 Å². The van der Waals surface area contributed by atoms with E-state index in [1.807, 2.05) is 30.3 Å². The Hall–Kier alpha value is -0.540. The number of benzene rings is 1. The lowest BCUT2D eigenvalue weighted by molar-refractivity contribution is 1.11. The van der Waals surface area contributed by atoms with Crippen LogP contribution in [0, 0.1) is 0 Å². The molecule has 0 heterocycles. The van der Waals surface area contributed by atoms with E-state index < -0.39 is 0 Å². The van der Waals surface area contributed by atoms with Crippen LogP contribution in [0.15, 0.2) is 30.3 Å². The van der Waals surface area contributed by atoms with E-state index in [-0.39, 0.29) is 0 Å². The van der Waals surface area contributed by atoms with Crippen LogP contribution in [0.25, 0.3) is 0 Å². The van der Waals surface area contributed by atoms with Crippen molar-refractivity contribution in [3.05, 3.63) is 30.3 Å². The van der Waals surface area contributed by atoms with Crippen LogP contribution in [-0.4, -0.2) is 10.1 Å². The third-order valence-corrected chi connectivity index (χ3v) is 2.89. The molecule has 1 aromatic rings. The monoisotopic (exact) mass is 211 g/mol. The summed E-state index contributed by atoms with van der Waals surface area (Å²) < 4.78 is 0.855. The molecule has 1 nitrogen and oxygen atoms in total. The molecule has 0 unspecified atom stereocenters. The molecule has 0 amide bonds. The molecular formula is C10H13NS2. The number of hydrogen-bond donors (Lipinski definition) is 1. The van der Waals surface area contributed by atoms with Gasteiger partial charge in [-0.3, -0.25) is 0 Å². The third-order valence-electron chi connectivity index (χ3n) is 1.46. The number of thioether (sulfide) groups is 1. The largest absolute Gasteiger partial charge is 0.341 e. The van der Waals surface area contributed by atoms with E-state index in [0.717, 1.165) is 22.2 Å². The summed E-state index contributed by atoms with van der Waals surface area (Å²) in [5, 5.41) is 3.17. The highest BCUT2D eigenvalue weighted by Crippen LogP contribution is 2.11. The van der Waals surface area contributed by atoms with Crippen LogP contribution >= 0.6 is 24.0 Å². The Balaban J connectivity index is 2.37. The van der Waals surface area contributed by atoms with E-state index >= 15 is 0 Å². The Labute approximate surface area is 88.9 Å². The predicted molar refractivity (Wildman–Crippen MR) is 65.4 cm³/mol. The SMILES string of the molecule is CCCSC(=S)Nc1ccccc1. The van der Waals surface area contributed by atoms with Crippen molar-refractivity contribution in [3.63, 3.8) is 0 Å². The molecule has 70 valence electrons. The fourth-order valence-corrected chi connectivity index (χ4v) is 1.82. The Kier molecular flexibility index (Phi) is 4.86. The summed E-state index contributed by atoms with van der Waals surface area (Å²) in [6, 6.07) is 10.0. The molecule has 0 saturated heterocycles. The molecule has 1 aromatic carbocycles. The summed E-state index contributed by atoms with van der Waals surface area (Å²) in [6.07, 6.45) is 1.15. The zero-order valence-electron chi connectivity index (χ0n) is 7.62. The molecule has 0 bridgehead atoms. The topological polar surface area (TPSA) is 12.0 Å². The second kappa shape index (κ2) is 6.00. The van der Waals surface area contributed by atoms with Crippen molar-refractivity contribution in [1.82, 2.24) is 0 Å². The molecule has 1 N–H and O–H groups in total. The summed E-state index contributed by atoms with van der Waals surface area (Å²) in [4.78, 5) is 0. The highest BCUT2D eigenvalue weighted by atomic mass is 32.2. The molecule has 0 aliphatic carbocycles. The highest BCUT2D eigenvalue weighted by Gasteiger charge is 1.95. The van der Waals surface area contributed by atoms with Crippen LogP contribution in [0.2, 0.25) is 0 Å². The minimum atomic E-state index is 0.855. The molecule has 0 saturated carbocycles. The zero-order chi connectivity index (χ0) is 9.52. The van der Waals surface area contributed by atoms with Crippen molar-refractivity contribution >= 4 is 34.0 Å². The minimum Gasteiger partial charge on any atom is -0.341 e. The average molecular weight is 211 g/mol. The van der Waals surface area contributed by atoms with Crippen molar-refractivity contribution < 1.29 is 0 Å². The van der Waals surface area contributed by atoms with Gasteiger partial charge in [0.05, 0.1) is 0 Å². The van der Waals surface area contributed by atoms with E-state index in [0.29, 0.717) is 0 Å². The number of para-hydroxylation sites is 1. The van der Waals surface area contributed by atoms with Crippen LogP contribution in [-0.2, 0) is 0 Å². The average Bonchev–Trinajstić information content (AvgIpc) is 2.16. The Morgan fingerprint density at radius 1 is 1.38 bits per heavy atom. The minimum absolute atomic E-state index is 0.855. The van der Waals surface area contributed by atoms with Crippen molar-refractivity contribution in [2.24, 2.45) is 0 Å². The van der Waals surface area contributed by atoms with Gasteiger partial charge < -0.3 is 5.32 Å². The Bertz CT molecular complexity index is 259. The van der Waals surface area contributed by atoms with Crippen LogP contribution in [0.1, 0.15) is 13.3 Å². The van der Waals surface area contributed by atoms with Crippen molar-refractivity contribution in [3.8, 4) is 0 Å². The van der Waals surface area contributed by atoms with Crippen LogP contribution < -0.4 is 5.32 Å². The van der Waals surface area contributed by atoms with Crippen molar-refractivity contribution in [1.29, 1.82) is 0 Å². The van der Waals surface area contributed by atoms with Gasteiger partial charge in [-0.05, 0) is 24.3 Å². The van der Waals surface area contributed by atoms with Gasteiger partial charge in [-0.2, -0.15) is 0 Å². The molecule has 0 aromatic heterocycles. The maximum atomic E-state index is 5.15. The first-order valence-corrected chi connectivity index (χ1v) is 5.71. The van der Waals surface area contributed by atoms with Gasteiger partial charge in [-0.1, -0.05) is 49.1 Å². The molecule has 3 heteroatoms. The van der Waals surface area contributed by atoms with E-state index in [4.69, 9.17) is 12.2 Å². The first-order valence-electron chi connectivity index (χ1n) is 4.31. The first-order chi connectivity index (χ1) is 6.33.